The summed E-state index contributed by atoms with van der Waals surface area (Å²) in [5, 5.41) is 2.68. The number of allylic oxidation sites excluding steroid dienone is 1. The van der Waals surface area contributed by atoms with Crippen LogP contribution in [0.5, 0.6) is 0 Å². The van der Waals surface area contributed by atoms with Gasteiger partial charge in [-0.2, -0.15) is 13.2 Å². The van der Waals surface area contributed by atoms with E-state index in [1.54, 1.807) is 12.2 Å². The van der Waals surface area contributed by atoms with E-state index in [1.807, 2.05) is 0 Å². The van der Waals surface area contributed by atoms with Gasteiger partial charge < -0.3 is 5.32 Å². The maximum atomic E-state index is 12.4. The fraction of sp³-hybridized carbons (Fsp3) is 0.750. The van der Waals surface area contributed by atoms with E-state index in [1.165, 1.54) is 0 Å². The molecular weight excluding hydrogens is 267 g/mol. The third kappa shape index (κ3) is 4.88. The zero-order chi connectivity index (χ0) is 13.6. The standard InChI is InChI=1S/C12H17ClF3NO/c13-7-1-2-8-17-11(18)9-3-5-10(6-4-9)12(14,15)16/h1-2,9-10H,3-8H2,(H,17,18)/b2-1+. The number of amides is 1. The first-order valence-corrected chi connectivity index (χ1v) is 6.54. The Hall–Kier alpha value is -0.710. The Bertz CT molecular complexity index is 296. The fourth-order valence-corrected chi connectivity index (χ4v) is 2.26. The van der Waals surface area contributed by atoms with Gasteiger partial charge in [0.1, 0.15) is 0 Å². The number of alkyl halides is 4. The average Bonchev–Trinajstić information content (AvgIpc) is 2.33. The van der Waals surface area contributed by atoms with Crippen LogP contribution < -0.4 is 5.32 Å². The predicted octanol–water partition coefficient (Wildman–Crippen LogP) is 3.27. The van der Waals surface area contributed by atoms with Crippen molar-refractivity contribution in [2.24, 2.45) is 11.8 Å². The molecule has 0 spiro atoms. The molecule has 1 amide bonds. The first-order valence-electron chi connectivity index (χ1n) is 6.00. The summed E-state index contributed by atoms with van der Waals surface area (Å²) in [5.74, 6) is -1.30. The fourth-order valence-electron chi connectivity index (χ4n) is 2.13. The van der Waals surface area contributed by atoms with E-state index in [0.717, 1.165) is 0 Å². The molecule has 18 heavy (non-hydrogen) atoms. The van der Waals surface area contributed by atoms with Crippen LogP contribution in [0.3, 0.4) is 0 Å². The van der Waals surface area contributed by atoms with Gasteiger partial charge in [0, 0.05) is 18.3 Å². The Morgan fingerprint density at radius 3 is 2.33 bits per heavy atom. The number of rotatable bonds is 4. The molecule has 0 aromatic rings. The van der Waals surface area contributed by atoms with Crippen LogP contribution in [0, 0.1) is 11.8 Å². The molecule has 0 heterocycles. The number of carbonyl (C=O) groups is 1. The summed E-state index contributed by atoms with van der Waals surface area (Å²) >= 11 is 5.42. The summed E-state index contributed by atoms with van der Waals surface area (Å²) in [6.07, 6.45) is 0.0574. The molecule has 1 fully saturated rings. The van der Waals surface area contributed by atoms with E-state index < -0.39 is 12.1 Å². The minimum Gasteiger partial charge on any atom is -0.352 e. The van der Waals surface area contributed by atoms with Crippen LogP contribution in [0.15, 0.2) is 12.2 Å². The van der Waals surface area contributed by atoms with Crippen molar-refractivity contribution in [2.45, 2.75) is 31.9 Å². The van der Waals surface area contributed by atoms with Crippen molar-refractivity contribution < 1.29 is 18.0 Å². The van der Waals surface area contributed by atoms with Crippen molar-refractivity contribution in [3.63, 3.8) is 0 Å². The van der Waals surface area contributed by atoms with Gasteiger partial charge in [-0.3, -0.25) is 4.79 Å². The first kappa shape index (κ1) is 15.3. The van der Waals surface area contributed by atoms with Crippen molar-refractivity contribution >= 4 is 17.5 Å². The molecule has 1 saturated carbocycles. The van der Waals surface area contributed by atoms with E-state index >= 15 is 0 Å². The average molecular weight is 284 g/mol. The SMILES string of the molecule is O=C(NC/C=C/CCl)C1CCC(C(F)(F)F)CC1. The normalized spacial score (nSPS) is 25.3. The van der Waals surface area contributed by atoms with Gasteiger partial charge in [-0.15, -0.1) is 11.6 Å². The third-order valence-corrected chi connectivity index (χ3v) is 3.39. The van der Waals surface area contributed by atoms with Gasteiger partial charge in [0.25, 0.3) is 0 Å². The summed E-state index contributed by atoms with van der Waals surface area (Å²) in [7, 11) is 0. The zero-order valence-electron chi connectivity index (χ0n) is 9.97. The van der Waals surface area contributed by atoms with Crippen LogP contribution in [0.25, 0.3) is 0 Å². The zero-order valence-corrected chi connectivity index (χ0v) is 10.7. The number of carbonyl (C=O) groups excluding carboxylic acids is 1. The molecule has 104 valence electrons. The topological polar surface area (TPSA) is 29.1 Å². The Morgan fingerprint density at radius 2 is 1.83 bits per heavy atom. The summed E-state index contributed by atoms with van der Waals surface area (Å²) in [4.78, 5) is 11.7. The highest BCUT2D eigenvalue weighted by Gasteiger charge is 2.42. The van der Waals surface area contributed by atoms with Crippen molar-refractivity contribution in [3.05, 3.63) is 12.2 Å². The van der Waals surface area contributed by atoms with Gasteiger partial charge in [0.05, 0.1) is 5.92 Å². The molecule has 0 aromatic heterocycles. The lowest BCUT2D eigenvalue weighted by atomic mass is 9.81. The molecule has 0 bridgehead atoms. The molecular formula is C12H17ClF3NO. The monoisotopic (exact) mass is 283 g/mol. The molecule has 1 aliphatic rings. The molecule has 6 heteroatoms. The van der Waals surface area contributed by atoms with Crippen LogP contribution in [0.1, 0.15) is 25.7 Å². The maximum Gasteiger partial charge on any atom is 0.391 e. The summed E-state index contributed by atoms with van der Waals surface area (Å²) in [6.45, 7) is 0.380. The van der Waals surface area contributed by atoms with Crippen molar-refractivity contribution in [2.75, 3.05) is 12.4 Å². The Morgan fingerprint density at radius 1 is 1.22 bits per heavy atom. The van der Waals surface area contributed by atoms with Gasteiger partial charge in [-0.25, -0.2) is 0 Å². The lowest BCUT2D eigenvalue weighted by Gasteiger charge is -2.28. The van der Waals surface area contributed by atoms with Crippen LogP contribution in [0.4, 0.5) is 13.2 Å². The third-order valence-electron chi connectivity index (χ3n) is 3.21. The molecule has 1 aliphatic carbocycles. The number of halogens is 4. The van der Waals surface area contributed by atoms with Crippen molar-refractivity contribution in [3.8, 4) is 0 Å². The van der Waals surface area contributed by atoms with Gasteiger partial charge in [0.2, 0.25) is 5.91 Å². The van der Waals surface area contributed by atoms with E-state index in [2.05, 4.69) is 5.32 Å². The Labute approximate surface area is 110 Å². The molecule has 1 N–H and O–H groups in total. The maximum absolute atomic E-state index is 12.4. The van der Waals surface area contributed by atoms with Gasteiger partial charge in [-0.1, -0.05) is 12.2 Å². The van der Waals surface area contributed by atoms with E-state index in [-0.39, 0.29) is 24.7 Å². The molecule has 0 radical (unpaired) electrons. The smallest absolute Gasteiger partial charge is 0.352 e. The van der Waals surface area contributed by atoms with E-state index in [4.69, 9.17) is 11.6 Å². The van der Waals surface area contributed by atoms with Crippen LogP contribution >= 0.6 is 11.6 Å². The van der Waals surface area contributed by atoms with Gasteiger partial charge in [0.15, 0.2) is 0 Å². The van der Waals surface area contributed by atoms with Crippen LogP contribution in [0.2, 0.25) is 0 Å². The Kier molecular flexibility index (Phi) is 5.99. The minimum atomic E-state index is -4.12. The molecule has 0 saturated heterocycles. The van der Waals surface area contributed by atoms with Crippen LogP contribution in [-0.4, -0.2) is 24.5 Å². The summed E-state index contributed by atoms with van der Waals surface area (Å²) in [5.41, 5.74) is 0. The molecule has 0 aromatic carbocycles. The Balaban J connectivity index is 2.30. The van der Waals surface area contributed by atoms with Crippen molar-refractivity contribution in [1.82, 2.24) is 5.32 Å². The van der Waals surface area contributed by atoms with E-state index in [9.17, 15) is 18.0 Å². The predicted molar refractivity (Wildman–Crippen MR) is 64.4 cm³/mol. The quantitative estimate of drug-likeness (QED) is 0.623. The lowest BCUT2D eigenvalue weighted by Crippen LogP contribution is -2.36. The molecule has 1 rings (SSSR count). The number of hydrogen-bond donors (Lipinski definition) is 1. The lowest BCUT2D eigenvalue weighted by molar-refractivity contribution is -0.184. The van der Waals surface area contributed by atoms with E-state index in [0.29, 0.717) is 25.3 Å². The van der Waals surface area contributed by atoms with Gasteiger partial charge in [-0.05, 0) is 25.7 Å². The first-order chi connectivity index (χ1) is 8.45. The second-order valence-electron chi connectivity index (χ2n) is 4.46. The molecule has 0 aliphatic heterocycles. The van der Waals surface area contributed by atoms with Crippen LogP contribution in [-0.2, 0) is 4.79 Å². The number of nitrogens with one attached hydrogen (secondary N) is 1. The highest BCUT2D eigenvalue weighted by molar-refractivity contribution is 6.18. The second kappa shape index (κ2) is 7.02. The number of hydrogen-bond acceptors (Lipinski definition) is 1. The summed E-state index contributed by atoms with van der Waals surface area (Å²) < 4.78 is 37.3. The largest absolute Gasteiger partial charge is 0.391 e. The highest BCUT2D eigenvalue weighted by atomic mass is 35.5. The minimum absolute atomic E-state index is 0.0547. The molecule has 0 unspecified atom stereocenters. The second-order valence-corrected chi connectivity index (χ2v) is 4.77. The van der Waals surface area contributed by atoms with Gasteiger partial charge >= 0.3 is 6.18 Å². The molecule has 0 atom stereocenters. The van der Waals surface area contributed by atoms with Crippen molar-refractivity contribution in [1.29, 1.82) is 0 Å². The highest BCUT2D eigenvalue weighted by Crippen LogP contribution is 2.39. The molecule has 2 nitrogen and oxygen atoms in total. The summed E-state index contributed by atoms with van der Waals surface area (Å²) in [6, 6.07) is 0.